The van der Waals surface area contributed by atoms with Crippen molar-refractivity contribution >= 4 is 5.97 Å². The van der Waals surface area contributed by atoms with Gasteiger partial charge in [-0.25, -0.2) is 4.79 Å². The standard InChI is InChI=1S/C14H24O2/c1-5-13(15)16-10-12-7-6-8-14(4,9-12)11(2)3/h5,11-12H,1,6-10H2,2-4H3. The Bertz CT molecular complexity index is 257. The molecule has 2 heteroatoms. The van der Waals surface area contributed by atoms with Crippen LogP contribution in [0.4, 0.5) is 0 Å². The summed E-state index contributed by atoms with van der Waals surface area (Å²) < 4.78 is 5.15. The molecule has 2 unspecified atom stereocenters. The fraction of sp³-hybridized carbons (Fsp3) is 0.786. The van der Waals surface area contributed by atoms with Crippen molar-refractivity contribution < 1.29 is 9.53 Å². The summed E-state index contributed by atoms with van der Waals surface area (Å²) >= 11 is 0. The summed E-state index contributed by atoms with van der Waals surface area (Å²) in [5.41, 5.74) is 0.420. The van der Waals surface area contributed by atoms with Crippen LogP contribution in [0.25, 0.3) is 0 Å². The van der Waals surface area contributed by atoms with Crippen molar-refractivity contribution in [2.75, 3.05) is 6.61 Å². The van der Waals surface area contributed by atoms with Crippen molar-refractivity contribution in [1.82, 2.24) is 0 Å². The van der Waals surface area contributed by atoms with E-state index in [4.69, 9.17) is 4.74 Å². The molecule has 1 rings (SSSR count). The molecule has 1 aliphatic carbocycles. The van der Waals surface area contributed by atoms with Crippen LogP contribution in [0.1, 0.15) is 46.5 Å². The molecule has 0 aromatic heterocycles. The van der Waals surface area contributed by atoms with Crippen LogP contribution in [0.2, 0.25) is 0 Å². The van der Waals surface area contributed by atoms with Crippen LogP contribution in [0.3, 0.4) is 0 Å². The van der Waals surface area contributed by atoms with Gasteiger partial charge in [-0.2, -0.15) is 0 Å². The smallest absolute Gasteiger partial charge is 0.330 e. The monoisotopic (exact) mass is 224 g/mol. The van der Waals surface area contributed by atoms with Gasteiger partial charge in [-0.15, -0.1) is 0 Å². The average Bonchev–Trinajstić information content (AvgIpc) is 2.26. The molecule has 2 atom stereocenters. The van der Waals surface area contributed by atoms with Crippen LogP contribution in [0.15, 0.2) is 12.7 Å². The van der Waals surface area contributed by atoms with E-state index >= 15 is 0 Å². The molecule has 0 aromatic carbocycles. The Morgan fingerprint density at radius 3 is 2.88 bits per heavy atom. The number of esters is 1. The molecular weight excluding hydrogens is 200 g/mol. The molecule has 0 radical (unpaired) electrons. The second-order valence-corrected chi connectivity index (χ2v) is 5.61. The Labute approximate surface area is 99.1 Å². The van der Waals surface area contributed by atoms with E-state index in [-0.39, 0.29) is 5.97 Å². The first-order chi connectivity index (χ1) is 7.48. The summed E-state index contributed by atoms with van der Waals surface area (Å²) in [7, 11) is 0. The SMILES string of the molecule is C=CC(=O)OCC1CCCC(C)(C(C)C)C1. The minimum Gasteiger partial charge on any atom is -0.462 e. The Balaban J connectivity index is 2.44. The van der Waals surface area contributed by atoms with E-state index in [1.165, 1.54) is 31.8 Å². The van der Waals surface area contributed by atoms with E-state index in [1.807, 2.05) is 0 Å². The third kappa shape index (κ3) is 3.36. The molecule has 0 amide bonds. The van der Waals surface area contributed by atoms with Crippen LogP contribution in [0.5, 0.6) is 0 Å². The van der Waals surface area contributed by atoms with Crippen LogP contribution >= 0.6 is 0 Å². The average molecular weight is 224 g/mol. The lowest BCUT2D eigenvalue weighted by Gasteiger charge is -2.41. The maximum absolute atomic E-state index is 11.0. The normalized spacial score (nSPS) is 30.1. The predicted octanol–water partition coefficient (Wildman–Crippen LogP) is 3.57. The third-order valence-electron chi connectivity index (χ3n) is 4.14. The van der Waals surface area contributed by atoms with Gasteiger partial charge in [0.1, 0.15) is 0 Å². The first-order valence-electron chi connectivity index (χ1n) is 6.27. The molecule has 0 spiro atoms. The number of ether oxygens (including phenoxy) is 1. The van der Waals surface area contributed by atoms with Crippen molar-refractivity contribution in [3.63, 3.8) is 0 Å². The lowest BCUT2D eigenvalue weighted by Crippen LogP contribution is -2.32. The lowest BCUT2D eigenvalue weighted by atomic mass is 9.65. The van der Waals surface area contributed by atoms with Gasteiger partial charge >= 0.3 is 5.97 Å². The second kappa shape index (κ2) is 5.51. The maximum Gasteiger partial charge on any atom is 0.330 e. The Kier molecular flexibility index (Phi) is 4.57. The van der Waals surface area contributed by atoms with Gasteiger partial charge in [-0.05, 0) is 36.5 Å². The molecule has 1 aliphatic rings. The van der Waals surface area contributed by atoms with Crippen molar-refractivity contribution in [3.05, 3.63) is 12.7 Å². The molecule has 1 fully saturated rings. The summed E-state index contributed by atoms with van der Waals surface area (Å²) in [6.07, 6.45) is 6.16. The molecule has 0 bridgehead atoms. The van der Waals surface area contributed by atoms with Crippen LogP contribution in [-0.2, 0) is 9.53 Å². The molecule has 0 saturated heterocycles. The van der Waals surface area contributed by atoms with E-state index in [1.54, 1.807) is 0 Å². The van der Waals surface area contributed by atoms with E-state index in [0.717, 1.165) is 0 Å². The molecule has 16 heavy (non-hydrogen) atoms. The fourth-order valence-electron chi connectivity index (χ4n) is 2.58. The molecule has 0 N–H and O–H groups in total. The maximum atomic E-state index is 11.0. The first kappa shape index (κ1) is 13.3. The number of rotatable bonds is 4. The molecule has 0 aromatic rings. The largest absolute Gasteiger partial charge is 0.462 e. The minimum atomic E-state index is -0.295. The highest BCUT2D eigenvalue weighted by Gasteiger charge is 2.34. The van der Waals surface area contributed by atoms with Gasteiger partial charge in [0.25, 0.3) is 0 Å². The number of hydrogen-bond donors (Lipinski definition) is 0. The highest BCUT2D eigenvalue weighted by atomic mass is 16.5. The van der Waals surface area contributed by atoms with Crippen molar-refractivity contribution in [3.8, 4) is 0 Å². The van der Waals surface area contributed by atoms with E-state index < -0.39 is 0 Å². The van der Waals surface area contributed by atoms with Crippen molar-refractivity contribution in [1.29, 1.82) is 0 Å². The Hall–Kier alpha value is -0.790. The minimum absolute atomic E-state index is 0.295. The van der Waals surface area contributed by atoms with Gasteiger partial charge in [0.15, 0.2) is 0 Å². The van der Waals surface area contributed by atoms with Gasteiger partial charge in [-0.1, -0.05) is 33.8 Å². The van der Waals surface area contributed by atoms with Gasteiger partial charge in [-0.3, -0.25) is 0 Å². The summed E-state index contributed by atoms with van der Waals surface area (Å²) in [4.78, 5) is 11.0. The number of hydrogen-bond acceptors (Lipinski definition) is 2. The van der Waals surface area contributed by atoms with E-state index in [2.05, 4.69) is 27.4 Å². The van der Waals surface area contributed by atoms with Crippen molar-refractivity contribution in [2.45, 2.75) is 46.5 Å². The lowest BCUT2D eigenvalue weighted by molar-refractivity contribution is -0.140. The summed E-state index contributed by atoms with van der Waals surface area (Å²) in [6.45, 7) is 10.9. The van der Waals surface area contributed by atoms with Gasteiger partial charge in [0.2, 0.25) is 0 Å². The summed E-state index contributed by atoms with van der Waals surface area (Å²) in [6, 6.07) is 0. The third-order valence-corrected chi connectivity index (χ3v) is 4.14. The second-order valence-electron chi connectivity index (χ2n) is 5.61. The quantitative estimate of drug-likeness (QED) is 0.539. The Morgan fingerprint density at radius 1 is 1.62 bits per heavy atom. The topological polar surface area (TPSA) is 26.3 Å². The number of carbonyl (C=O) groups is 1. The van der Waals surface area contributed by atoms with Gasteiger partial charge < -0.3 is 4.74 Å². The fourth-order valence-corrected chi connectivity index (χ4v) is 2.58. The predicted molar refractivity (Wildman–Crippen MR) is 66.1 cm³/mol. The zero-order chi connectivity index (χ0) is 12.2. The van der Waals surface area contributed by atoms with Crippen LogP contribution in [-0.4, -0.2) is 12.6 Å². The molecule has 1 saturated carbocycles. The molecule has 0 heterocycles. The summed E-state index contributed by atoms with van der Waals surface area (Å²) in [5, 5.41) is 0. The highest BCUT2D eigenvalue weighted by Crippen LogP contribution is 2.44. The first-order valence-corrected chi connectivity index (χ1v) is 6.27. The van der Waals surface area contributed by atoms with Crippen LogP contribution in [0, 0.1) is 17.3 Å². The van der Waals surface area contributed by atoms with E-state index in [0.29, 0.717) is 23.9 Å². The van der Waals surface area contributed by atoms with Gasteiger partial charge in [0, 0.05) is 6.08 Å². The van der Waals surface area contributed by atoms with E-state index in [9.17, 15) is 4.79 Å². The molecule has 2 nitrogen and oxygen atoms in total. The zero-order valence-corrected chi connectivity index (χ0v) is 10.8. The van der Waals surface area contributed by atoms with Crippen LogP contribution < -0.4 is 0 Å². The zero-order valence-electron chi connectivity index (χ0n) is 10.8. The highest BCUT2D eigenvalue weighted by molar-refractivity contribution is 5.81. The molecular formula is C14H24O2. The summed E-state index contributed by atoms with van der Waals surface area (Å²) in [5.74, 6) is 0.937. The van der Waals surface area contributed by atoms with Gasteiger partial charge in [0.05, 0.1) is 6.61 Å². The number of carbonyl (C=O) groups excluding carboxylic acids is 1. The Morgan fingerprint density at radius 2 is 2.31 bits per heavy atom. The molecule has 0 aliphatic heterocycles. The van der Waals surface area contributed by atoms with Crippen molar-refractivity contribution in [2.24, 2.45) is 17.3 Å². The molecule has 92 valence electrons.